The molecule has 0 aliphatic carbocycles. The minimum absolute atomic E-state index is 0.0244. The maximum atomic E-state index is 13.3. The Morgan fingerprint density at radius 1 is 1.21 bits per heavy atom. The van der Waals surface area contributed by atoms with E-state index in [1.165, 1.54) is 4.90 Å². The number of imide groups is 1. The Balaban J connectivity index is 2.00. The van der Waals surface area contributed by atoms with E-state index < -0.39 is 0 Å². The van der Waals surface area contributed by atoms with Crippen LogP contribution in [0.2, 0.25) is 0 Å². The smallest absolute Gasteiger partial charge is 0.277 e. The van der Waals surface area contributed by atoms with E-state index in [0.717, 1.165) is 12.8 Å². The summed E-state index contributed by atoms with van der Waals surface area (Å²) in [5.41, 5.74) is 1.39. The van der Waals surface area contributed by atoms with Gasteiger partial charge in [0.25, 0.3) is 11.8 Å². The zero-order valence-corrected chi connectivity index (χ0v) is 17.4. The fourth-order valence-electron chi connectivity index (χ4n) is 3.95. The highest BCUT2D eigenvalue weighted by atomic mass is 16.5. The molecule has 1 atom stereocenters. The van der Waals surface area contributed by atoms with Gasteiger partial charge in [0.1, 0.15) is 11.4 Å². The molecule has 0 spiro atoms. The Hall–Kier alpha value is -2.38. The third-order valence-corrected chi connectivity index (χ3v) is 5.38. The Morgan fingerprint density at radius 3 is 2.66 bits per heavy atom. The highest BCUT2D eigenvalue weighted by Gasteiger charge is 2.43. The van der Waals surface area contributed by atoms with Crippen LogP contribution in [0, 0.1) is 5.92 Å². The molecular weight excluding hydrogens is 372 g/mol. The van der Waals surface area contributed by atoms with Gasteiger partial charge in [-0.3, -0.25) is 14.5 Å². The van der Waals surface area contributed by atoms with Gasteiger partial charge in [0.2, 0.25) is 0 Å². The number of aliphatic hydroxyl groups is 1. The van der Waals surface area contributed by atoms with Gasteiger partial charge in [-0.1, -0.05) is 18.2 Å². The largest absolute Gasteiger partial charge is 0.496 e. The monoisotopic (exact) mass is 402 g/mol. The highest BCUT2D eigenvalue weighted by Crippen LogP contribution is 2.37. The van der Waals surface area contributed by atoms with Crippen LogP contribution in [0.15, 0.2) is 30.0 Å². The van der Waals surface area contributed by atoms with Crippen LogP contribution in [0.5, 0.6) is 5.75 Å². The molecule has 2 aliphatic rings. The van der Waals surface area contributed by atoms with E-state index in [1.54, 1.807) is 19.2 Å². The van der Waals surface area contributed by atoms with Gasteiger partial charge < -0.3 is 19.5 Å². The number of benzene rings is 1. The number of methoxy groups -OCH3 is 1. The second-order valence-electron chi connectivity index (χ2n) is 7.74. The average Bonchev–Trinajstić information content (AvgIpc) is 2.98. The van der Waals surface area contributed by atoms with Gasteiger partial charge in [-0.2, -0.15) is 0 Å². The van der Waals surface area contributed by atoms with Gasteiger partial charge >= 0.3 is 0 Å². The fraction of sp³-hybridized carbons (Fsp3) is 0.545. The molecule has 158 valence electrons. The molecule has 1 unspecified atom stereocenters. The predicted octanol–water partition coefficient (Wildman–Crippen LogP) is 1.90. The number of carbonyl (C=O) groups is 2. The fourth-order valence-corrected chi connectivity index (χ4v) is 3.95. The average molecular weight is 402 g/mol. The van der Waals surface area contributed by atoms with Gasteiger partial charge in [0.05, 0.1) is 31.9 Å². The maximum absolute atomic E-state index is 13.3. The SMILES string of the molecule is COc1ccccc1C1=C(N2CCCC(CO)C2)C(=O)N(CCOC(C)C)C1=O. The minimum Gasteiger partial charge on any atom is -0.496 e. The van der Waals surface area contributed by atoms with E-state index in [4.69, 9.17) is 9.47 Å². The van der Waals surface area contributed by atoms with Crippen molar-refractivity contribution in [3.63, 3.8) is 0 Å². The first-order valence-electron chi connectivity index (χ1n) is 10.2. The van der Waals surface area contributed by atoms with Gasteiger partial charge in [-0.05, 0) is 38.7 Å². The van der Waals surface area contributed by atoms with Crippen molar-refractivity contribution in [3.05, 3.63) is 35.5 Å². The normalized spacial score (nSPS) is 20.2. The lowest BCUT2D eigenvalue weighted by molar-refractivity contribution is -0.138. The molecule has 1 fully saturated rings. The number of likely N-dealkylation sites (tertiary alicyclic amines) is 1. The van der Waals surface area contributed by atoms with Crippen molar-refractivity contribution in [2.75, 3.05) is 40.0 Å². The van der Waals surface area contributed by atoms with Gasteiger partial charge in [-0.25, -0.2) is 0 Å². The molecule has 0 aromatic heterocycles. The Labute approximate surface area is 171 Å². The summed E-state index contributed by atoms with van der Waals surface area (Å²) in [6.45, 7) is 5.64. The van der Waals surface area contributed by atoms with E-state index in [-0.39, 0.29) is 37.0 Å². The van der Waals surface area contributed by atoms with Crippen molar-refractivity contribution in [1.82, 2.24) is 9.80 Å². The first kappa shape index (κ1) is 21.3. The number of ether oxygens (including phenoxy) is 2. The molecule has 7 heteroatoms. The molecular formula is C22H30N2O5. The van der Waals surface area contributed by atoms with E-state index in [0.29, 0.717) is 42.3 Å². The first-order chi connectivity index (χ1) is 14.0. The second-order valence-corrected chi connectivity index (χ2v) is 7.74. The maximum Gasteiger partial charge on any atom is 0.277 e. The number of aliphatic hydroxyl groups excluding tert-OH is 1. The van der Waals surface area contributed by atoms with Gasteiger partial charge in [-0.15, -0.1) is 0 Å². The quantitative estimate of drug-likeness (QED) is 0.669. The van der Waals surface area contributed by atoms with Crippen molar-refractivity contribution in [1.29, 1.82) is 0 Å². The lowest BCUT2D eigenvalue weighted by Crippen LogP contribution is -2.41. The Kier molecular flexibility index (Phi) is 6.92. The van der Waals surface area contributed by atoms with Crippen LogP contribution in [-0.2, 0) is 14.3 Å². The van der Waals surface area contributed by atoms with E-state index in [2.05, 4.69) is 0 Å². The van der Waals surface area contributed by atoms with Gasteiger partial charge in [0.15, 0.2) is 0 Å². The summed E-state index contributed by atoms with van der Waals surface area (Å²) in [6.07, 6.45) is 1.81. The summed E-state index contributed by atoms with van der Waals surface area (Å²) < 4.78 is 11.0. The summed E-state index contributed by atoms with van der Waals surface area (Å²) in [7, 11) is 1.55. The molecule has 7 nitrogen and oxygen atoms in total. The first-order valence-corrected chi connectivity index (χ1v) is 10.2. The lowest BCUT2D eigenvalue weighted by atomic mass is 9.96. The number of carbonyl (C=O) groups excluding carboxylic acids is 2. The highest BCUT2D eigenvalue weighted by molar-refractivity contribution is 6.36. The predicted molar refractivity (Wildman–Crippen MR) is 109 cm³/mol. The molecule has 1 aromatic carbocycles. The Morgan fingerprint density at radius 2 is 1.97 bits per heavy atom. The molecule has 29 heavy (non-hydrogen) atoms. The molecule has 1 N–H and O–H groups in total. The Bertz CT molecular complexity index is 789. The zero-order valence-electron chi connectivity index (χ0n) is 17.4. The number of amides is 2. The van der Waals surface area contributed by atoms with Crippen LogP contribution in [0.4, 0.5) is 0 Å². The molecule has 1 aromatic rings. The summed E-state index contributed by atoms with van der Waals surface area (Å²) in [5.74, 6) is 0.0170. The summed E-state index contributed by atoms with van der Waals surface area (Å²) in [5, 5.41) is 9.61. The topological polar surface area (TPSA) is 79.3 Å². The van der Waals surface area contributed by atoms with Crippen molar-refractivity contribution in [2.24, 2.45) is 5.92 Å². The van der Waals surface area contributed by atoms with Crippen molar-refractivity contribution < 1.29 is 24.2 Å². The van der Waals surface area contributed by atoms with E-state index >= 15 is 0 Å². The molecule has 0 radical (unpaired) electrons. The number of rotatable bonds is 8. The third kappa shape index (κ3) is 4.46. The van der Waals surface area contributed by atoms with E-state index in [1.807, 2.05) is 30.9 Å². The molecule has 0 saturated carbocycles. The molecule has 2 heterocycles. The molecule has 2 amide bonds. The number of hydrogen-bond donors (Lipinski definition) is 1. The summed E-state index contributed by atoms with van der Waals surface area (Å²) >= 11 is 0. The second kappa shape index (κ2) is 9.41. The van der Waals surface area contributed by atoms with Crippen molar-refractivity contribution in [3.8, 4) is 5.75 Å². The number of para-hydroxylation sites is 1. The minimum atomic E-state index is -0.326. The van der Waals surface area contributed by atoms with Crippen LogP contribution >= 0.6 is 0 Å². The van der Waals surface area contributed by atoms with Crippen LogP contribution in [0.3, 0.4) is 0 Å². The van der Waals surface area contributed by atoms with Crippen LogP contribution in [0.1, 0.15) is 32.3 Å². The molecule has 2 aliphatic heterocycles. The van der Waals surface area contributed by atoms with Crippen LogP contribution in [-0.4, -0.2) is 72.8 Å². The third-order valence-electron chi connectivity index (χ3n) is 5.38. The zero-order chi connectivity index (χ0) is 21.0. The van der Waals surface area contributed by atoms with Crippen LogP contribution in [0.25, 0.3) is 5.57 Å². The number of hydrogen-bond acceptors (Lipinski definition) is 6. The standard InChI is InChI=1S/C22H30N2O5/c1-15(2)29-12-11-24-21(26)19(17-8-4-5-9-18(17)28-3)20(22(24)27)23-10-6-7-16(13-23)14-25/h4-5,8-9,15-16,25H,6-7,10-14H2,1-3H3. The summed E-state index contributed by atoms with van der Waals surface area (Å²) in [4.78, 5) is 29.9. The lowest BCUT2D eigenvalue weighted by Gasteiger charge is -2.34. The molecule has 3 rings (SSSR count). The van der Waals surface area contributed by atoms with E-state index in [9.17, 15) is 14.7 Å². The number of piperidine rings is 1. The van der Waals surface area contributed by atoms with Crippen molar-refractivity contribution in [2.45, 2.75) is 32.8 Å². The summed E-state index contributed by atoms with van der Waals surface area (Å²) in [6, 6.07) is 7.26. The van der Waals surface area contributed by atoms with Crippen molar-refractivity contribution >= 4 is 17.4 Å². The van der Waals surface area contributed by atoms with Gasteiger partial charge in [0, 0.05) is 25.3 Å². The number of nitrogens with zero attached hydrogens (tertiary/aromatic N) is 2. The van der Waals surface area contributed by atoms with Crippen LogP contribution < -0.4 is 4.74 Å². The molecule has 0 bridgehead atoms. The molecule has 1 saturated heterocycles.